The van der Waals surface area contributed by atoms with Crippen molar-refractivity contribution in [2.24, 2.45) is 0 Å². The van der Waals surface area contributed by atoms with E-state index in [2.05, 4.69) is 4.90 Å². The van der Waals surface area contributed by atoms with Gasteiger partial charge in [-0.25, -0.2) is 4.79 Å². The van der Waals surface area contributed by atoms with E-state index in [0.717, 1.165) is 11.1 Å². The third kappa shape index (κ3) is 5.75. The molecule has 0 saturated heterocycles. The van der Waals surface area contributed by atoms with Gasteiger partial charge in [0.05, 0.1) is 21.3 Å². The van der Waals surface area contributed by atoms with Gasteiger partial charge in [-0.1, -0.05) is 97.7 Å². The summed E-state index contributed by atoms with van der Waals surface area (Å²) in [5.41, 5.74) is 2.92. The molecule has 0 radical (unpaired) electrons. The summed E-state index contributed by atoms with van der Waals surface area (Å²) in [4.78, 5) is 13.3. The summed E-state index contributed by atoms with van der Waals surface area (Å²) in [6, 6.07) is 22.9. The zero-order valence-corrected chi connectivity index (χ0v) is 17.4. The molecule has 1 N–H and O–H groups in total. The number of benzene rings is 3. The Labute approximate surface area is 176 Å². The smallest absolute Gasteiger partial charge is 0.335 e. The Hall–Kier alpha value is -2.49. The van der Waals surface area contributed by atoms with Gasteiger partial charge in [0.15, 0.2) is 0 Å². The second kappa shape index (κ2) is 10.7. The van der Waals surface area contributed by atoms with Crippen LogP contribution in [-0.4, -0.2) is 11.1 Å². The quantitative estimate of drug-likeness (QED) is 0.474. The third-order valence-electron chi connectivity index (χ3n) is 4.01. The summed E-state index contributed by atoms with van der Waals surface area (Å²) in [6.07, 6.45) is 0. The van der Waals surface area contributed by atoms with Gasteiger partial charge in [-0.05, 0) is 23.3 Å². The molecule has 0 heterocycles. The van der Waals surface area contributed by atoms with E-state index in [-0.39, 0.29) is 5.56 Å². The lowest BCUT2D eigenvalue weighted by molar-refractivity contribution is 0.0697. The normalized spacial score (nSPS) is 10.0. The molecule has 5 heteroatoms. The number of hydrogen-bond acceptors (Lipinski definition) is 2. The van der Waals surface area contributed by atoms with E-state index in [1.54, 1.807) is 0 Å². The summed E-state index contributed by atoms with van der Waals surface area (Å²) in [7, 11) is 0. The Bertz CT molecular complexity index is 834. The molecule has 0 aliphatic heterocycles. The van der Waals surface area contributed by atoms with Crippen molar-refractivity contribution < 1.29 is 9.90 Å². The molecule has 0 aromatic heterocycles. The minimum Gasteiger partial charge on any atom is -0.478 e. The van der Waals surface area contributed by atoms with E-state index in [1.165, 1.54) is 12.1 Å². The lowest BCUT2D eigenvalue weighted by Gasteiger charge is -2.27. The maximum atomic E-state index is 11.2. The highest BCUT2D eigenvalue weighted by Gasteiger charge is 2.18. The van der Waals surface area contributed by atoms with Crippen LogP contribution in [0.3, 0.4) is 0 Å². The third-order valence-corrected chi connectivity index (χ3v) is 4.59. The molecule has 3 rings (SSSR count). The van der Waals surface area contributed by atoms with Crippen LogP contribution in [0.25, 0.3) is 0 Å². The van der Waals surface area contributed by atoms with E-state index in [1.807, 2.05) is 74.5 Å². The van der Waals surface area contributed by atoms with Gasteiger partial charge in [-0.3, -0.25) is 0 Å². The van der Waals surface area contributed by atoms with Crippen LogP contribution in [0.2, 0.25) is 10.0 Å². The van der Waals surface area contributed by atoms with Crippen LogP contribution in [0, 0.1) is 0 Å². The van der Waals surface area contributed by atoms with Gasteiger partial charge < -0.3 is 10.0 Å². The summed E-state index contributed by atoms with van der Waals surface area (Å²) < 4.78 is 0. The first-order valence-corrected chi connectivity index (χ1v) is 9.85. The van der Waals surface area contributed by atoms with Crippen molar-refractivity contribution in [1.82, 2.24) is 0 Å². The van der Waals surface area contributed by atoms with Gasteiger partial charge in [0, 0.05) is 13.1 Å². The number of carbonyl (C=O) groups is 1. The van der Waals surface area contributed by atoms with Gasteiger partial charge in [0.2, 0.25) is 0 Å². The standard InChI is InChI=1S/C21H17Cl2NO2.C2H6/c22-18-11-17(21(25)26)12-19(23)20(18)24(13-15-7-3-1-4-8-15)14-16-9-5-2-6-10-16;1-2/h1-12H,13-14H2,(H,25,26);1-2H3. The summed E-state index contributed by atoms with van der Waals surface area (Å²) in [6.45, 7) is 5.20. The lowest BCUT2D eigenvalue weighted by Crippen LogP contribution is -2.23. The van der Waals surface area contributed by atoms with Crippen LogP contribution in [0.1, 0.15) is 35.3 Å². The topological polar surface area (TPSA) is 40.5 Å². The van der Waals surface area contributed by atoms with Crippen molar-refractivity contribution in [1.29, 1.82) is 0 Å². The van der Waals surface area contributed by atoms with Gasteiger partial charge in [-0.15, -0.1) is 0 Å². The number of aromatic carboxylic acids is 1. The van der Waals surface area contributed by atoms with Crippen molar-refractivity contribution in [3.8, 4) is 0 Å². The second-order valence-electron chi connectivity index (χ2n) is 5.92. The van der Waals surface area contributed by atoms with Crippen molar-refractivity contribution >= 4 is 34.9 Å². The molecule has 28 heavy (non-hydrogen) atoms. The van der Waals surface area contributed by atoms with Crippen LogP contribution < -0.4 is 4.90 Å². The van der Waals surface area contributed by atoms with Crippen LogP contribution in [0.4, 0.5) is 5.69 Å². The molecule has 0 atom stereocenters. The van der Waals surface area contributed by atoms with E-state index < -0.39 is 5.97 Å². The fourth-order valence-corrected chi connectivity index (χ4v) is 3.54. The number of hydrogen-bond donors (Lipinski definition) is 1. The fraction of sp³-hybridized carbons (Fsp3) is 0.174. The van der Waals surface area contributed by atoms with Crippen molar-refractivity contribution in [3.63, 3.8) is 0 Å². The van der Waals surface area contributed by atoms with E-state index in [0.29, 0.717) is 28.8 Å². The Balaban J connectivity index is 0.00000136. The molecule has 0 bridgehead atoms. The van der Waals surface area contributed by atoms with Crippen LogP contribution >= 0.6 is 23.2 Å². The second-order valence-corrected chi connectivity index (χ2v) is 6.74. The number of halogens is 2. The summed E-state index contributed by atoms with van der Waals surface area (Å²) in [5, 5.41) is 9.84. The molecular weight excluding hydrogens is 393 g/mol. The summed E-state index contributed by atoms with van der Waals surface area (Å²) in [5.74, 6) is -1.06. The highest BCUT2D eigenvalue weighted by molar-refractivity contribution is 6.39. The molecule has 3 aromatic rings. The van der Waals surface area contributed by atoms with Crippen molar-refractivity contribution in [3.05, 3.63) is 99.5 Å². The van der Waals surface area contributed by atoms with Crippen LogP contribution in [-0.2, 0) is 13.1 Å². The first kappa shape index (κ1) is 21.8. The molecule has 3 aromatic carbocycles. The number of nitrogens with zero attached hydrogens (tertiary/aromatic N) is 1. The van der Waals surface area contributed by atoms with Crippen LogP contribution in [0.15, 0.2) is 72.8 Å². The van der Waals surface area contributed by atoms with Gasteiger partial charge >= 0.3 is 5.97 Å². The van der Waals surface area contributed by atoms with Gasteiger partial charge in [0.25, 0.3) is 0 Å². The Kier molecular flexibility index (Phi) is 8.37. The molecule has 0 unspecified atom stereocenters. The van der Waals surface area contributed by atoms with E-state index in [4.69, 9.17) is 23.2 Å². The molecule has 0 amide bonds. The predicted molar refractivity (Wildman–Crippen MR) is 118 cm³/mol. The number of rotatable bonds is 6. The molecule has 146 valence electrons. The maximum Gasteiger partial charge on any atom is 0.335 e. The first-order valence-electron chi connectivity index (χ1n) is 9.09. The minimum absolute atomic E-state index is 0.0723. The van der Waals surface area contributed by atoms with Crippen LogP contribution in [0.5, 0.6) is 0 Å². The first-order chi connectivity index (χ1) is 13.5. The molecule has 0 aliphatic rings. The monoisotopic (exact) mass is 415 g/mol. The highest BCUT2D eigenvalue weighted by Crippen LogP contribution is 2.37. The molecule has 0 saturated carbocycles. The van der Waals surface area contributed by atoms with E-state index >= 15 is 0 Å². The molecule has 3 nitrogen and oxygen atoms in total. The van der Waals surface area contributed by atoms with E-state index in [9.17, 15) is 9.90 Å². The molecular formula is C23H23Cl2NO2. The maximum absolute atomic E-state index is 11.2. The largest absolute Gasteiger partial charge is 0.478 e. The van der Waals surface area contributed by atoms with Gasteiger partial charge in [0.1, 0.15) is 0 Å². The zero-order valence-electron chi connectivity index (χ0n) is 15.9. The lowest BCUT2D eigenvalue weighted by atomic mass is 10.1. The zero-order chi connectivity index (χ0) is 20.5. The van der Waals surface area contributed by atoms with Gasteiger partial charge in [-0.2, -0.15) is 0 Å². The summed E-state index contributed by atoms with van der Waals surface area (Å²) >= 11 is 12.8. The fourth-order valence-electron chi connectivity index (χ4n) is 2.81. The Morgan fingerprint density at radius 2 is 1.21 bits per heavy atom. The number of carboxylic acid groups (broad SMARTS) is 1. The van der Waals surface area contributed by atoms with Crippen molar-refractivity contribution in [2.45, 2.75) is 26.9 Å². The predicted octanol–water partition coefficient (Wildman–Crippen LogP) is 6.92. The Morgan fingerprint density at radius 3 is 1.57 bits per heavy atom. The molecule has 0 aliphatic carbocycles. The Morgan fingerprint density at radius 1 is 0.821 bits per heavy atom. The average molecular weight is 416 g/mol. The number of anilines is 1. The average Bonchev–Trinajstić information content (AvgIpc) is 2.70. The highest BCUT2D eigenvalue weighted by atomic mass is 35.5. The SMILES string of the molecule is CC.O=C(O)c1cc(Cl)c(N(Cc2ccccc2)Cc2ccccc2)c(Cl)c1. The van der Waals surface area contributed by atoms with Crippen molar-refractivity contribution in [2.75, 3.05) is 4.90 Å². The number of carboxylic acids is 1. The molecule has 0 spiro atoms. The molecule has 0 fully saturated rings. The minimum atomic E-state index is -1.06.